The van der Waals surface area contributed by atoms with Gasteiger partial charge in [-0.2, -0.15) is 0 Å². The fourth-order valence-corrected chi connectivity index (χ4v) is 11.7. The van der Waals surface area contributed by atoms with E-state index in [0.29, 0.717) is 63.4 Å². The molecule has 79 heavy (non-hydrogen) atoms. The van der Waals surface area contributed by atoms with E-state index in [1.54, 1.807) is 68.8 Å². The molecule has 0 aromatic rings. The molecule has 1 saturated carbocycles. The van der Waals surface area contributed by atoms with Crippen LogP contribution in [0.4, 0.5) is 0 Å². The van der Waals surface area contributed by atoms with Crippen molar-refractivity contribution in [1.82, 2.24) is 4.90 Å². The third-order valence-corrected chi connectivity index (χ3v) is 16.9. The lowest BCUT2D eigenvalue weighted by Gasteiger charge is -2.43. The molecule has 4 fully saturated rings. The standard InChI is InChI=1S/C61H93NO17/c1-36-20-16-15-17-21-37(2)49(71-12)32-45-25-23-42(7)61(70,79-45)55(66)56(67)62-27-19-18-22-46(62)57(68)77-50(33-47(64)38(3)29-41(6)53(76-43(8)63)54(73-14)52(65)40(5)28-36)39(4)30-44-24-26-48(51(31-44)72-13)78-58(69)60(11)34-74-59(9,10)75-35-60/h15-17,20-21,29,36,38-40,42,44-46,48-51,53-54,70H,18-19,22-28,30-35H2,1-14H3/b17-15+,20-16+,37-21+,41-29+/t36-,38-,39-,40-,42-,44+,45+,46+,48-,49+,50+,51-,53-,54+,61-/m1/s1. The molecule has 4 aliphatic heterocycles. The van der Waals surface area contributed by atoms with Gasteiger partial charge in [0.05, 0.1) is 31.5 Å². The van der Waals surface area contributed by atoms with Crippen LogP contribution in [0.15, 0.2) is 47.6 Å². The van der Waals surface area contributed by atoms with E-state index in [1.807, 2.05) is 51.2 Å². The molecule has 4 heterocycles. The summed E-state index contributed by atoms with van der Waals surface area (Å²) in [7, 11) is 4.52. The lowest BCUT2D eigenvalue weighted by molar-refractivity contribution is -0.283. The Morgan fingerprint density at radius 3 is 2.14 bits per heavy atom. The van der Waals surface area contributed by atoms with Gasteiger partial charge in [0.2, 0.25) is 5.79 Å². The summed E-state index contributed by atoms with van der Waals surface area (Å²) in [6.07, 6.45) is 10.4. The van der Waals surface area contributed by atoms with Crippen molar-refractivity contribution in [2.75, 3.05) is 41.1 Å². The molecule has 15 atom stereocenters. The van der Waals surface area contributed by atoms with Crippen LogP contribution < -0.4 is 0 Å². The maximum atomic E-state index is 14.7. The number of fused-ring (bicyclic) bond motifs is 3. The summed E-state index contributed by atoms with van der Waals surface area (Å²) in [5.74, 6) is -10.5. The van der Waals surface area contributed by atoms with Crippen molar-refractivity contribution in [3.63, 3.8) is 0 Å². The number of nitrogens with zero attached hydrogens (tertiary/aromatic N) is 1. The predicted molar refractivity (Wildman–Crippen MR) is 293 cm³/mol. The number of Topliss-reactive ketones (excluding diaryl/α,β-unsaturated/α-hetero) is 3. The van der Waals surface area contributed by atoms with Crippen LogP contribution in [0.1, 0.15) is 153 Å². The van der Waals surface area contributed by atoms with Crippen molar-refractivity contribution in [3.8, 4) is 0 Å². The van der Waals surface area contributed by atoms with Gasteiger partial charge in [-0.05, 0) is 128 Å². The van der Waals surface area contributed by atoms with Crippen molar-refractivity contribution in [2.24, 2.45) is 40.9 Å². The van der Waals surface area contributed by atoms with E-state index < -0.39 is 119 Å². The molecule has 0 unspecified atom stereocenters. The van der Waals surface area contributed by atoms with Crippen LogP contribution in [-0.2, 0) is 76.2 Å². The number of cyclic esters (lactones) is 1. The number of esters is 3. The summed E-state index contributed by atoms with van der Waals surface area (Å²) in [6, 6.07) is -1.20. The molecule has 0 spiro atoms. The van der Waals surface area contributed by atoms with Gasteiger partial charge >= 0.3 is 17.9 Å². The molecule has 0 aromatic carbocycles. The maximum absolute atomic E-state index is 14.7. The van der Waals surface area contributed by atoms with Crippen molar-refractivity contribution >= 4 is 41.2 Å². The SMILES string of the molecule is CO[C@H]1C[C@@H]2CC[C@@H](C)[C@@](O)(O2)C(=O)C(=O)N2CCCC[C@H]2C(=O)O[C@H]([C@H](C)C[C@@H]2CC[C@@H](OC(=O)C3(C)COC(C)(C)OC3)[C@H](OC)C2)CC(=O)[C@H](C)/C=C(\C)[C@@H](OC(C)=O)[C@@H](OC)C(=O)[C@H](C)C[C@H](C)/C=C/C=C/C=C/1C. The molecule has 18 nitrogen and oxygen atoms in total. The lowest BCUT2D eigenvalue weighted by atomic mass is 9.78. The molecule has 5 rings (SSSR count). The molecular weight excluding hydrogens is 1020 g/mol. The van der Waals surface area contributed by atoms with Crippen LogP contribution in [0.3, 0.4) is 0 Å². The number of amides is 1. The van der Waals surface area contributed by atoms with Gasteiger partial charge in [-0.3, -0.25) is 28.8 Å². The quantitative estimate of drug-likeness (QED) is 0.0996. The van der Waals surface area contributed by atoms with Crippen molar-refractivity contribution < 1.29 is 81.3 Å². The van der Waals surface area contributed by atoms with Crippen LogP contribution in [-0.4, -0.2) is 153 Å². The minimum Gasteiger partial charge on any atom is -0.460 e. The average Bonchev–Trinajstić information content (AvgIpc) is 3.43. The topological polar surface area (TPSA) is 226 Å². The summed E-state index contributed by atoms with van der Waals surface area (Å²) >= 11 is 0. The largest absolute Gasteiger partial charge is 0.460 e. The highest BCUT2D eigenvalue weighted by atomic mass is 16.7. The lowest BCUT2D eigenvalue weighted by Crippen LogP contribution is -2.61. The minimum absolute atomic E-state index is 0.00612. The number of hydrogen-bond donors (Lipinski definition) is 1. The fraction of sp³-hybridized carbons (Fsp3) is 0.754. The van der Waals surface area contributed by atoms with Gasteiger partial charge in [0, 0.05) is 65.4 Å². The smallest absolute Gasteiger partial charge is 0.329 e. The fourth-order valence-electron chi connectivity index (χ4n) is 11.7. The van der Waals surface area contributed by atoms with Crippen LogP contribution in [0.2, 0.25) is 0 Å². The molecule has 1 N–H and O–H groups in total. The Bertz CT molecular complexity index is 2260. The predicted octanol–water partition coefficient (Wildman–Crippen LogP) is 8.09. The molecule has 2 bridgehead atoms. The Labute approximate surface area is 469 Å². The number of rotatable bonds is 9. The minimum atomic E-state index is -2.47. The first-order valence-corrected chi connectivity index (χ1v) is 28.6. The summed E-state index contributed by atoms with van der Waals surface area (Å²) in [4.78, 5) is 99.7. The van der Waals surface area contributed by atoms with Gasteiger partial charge in [0.1, 0.15) is 29.4 Å². The maximum Gasteiger partial charge on any atom is 0.329 e. The van der Waals surface area contributed by atoms with Gasteiger partial charge in [-0.1, -0.05) is 71.1 Å². The monoisotopic (exact) mass is 1110 g/mol. The van der Waals surface area contributed by atoms with Crippen LogP contribution in [0.5, 0.6) is 0 Å². The molecule has 0 aromatic heterocycles. The van der Waals surface area contributed by atoms with Gasteiger partial charge in [-0.25, -0.2) is 4.79 Å². The zero-order chi connectivity index (χ0) is 58.6. The third-order valence-electron chi connectivity index (χ3n) is 16.9. The first-order valence-electron chi connectivity index (χ1n) is 28.6. The van der Waals surface area contributed by atoms with E-state index in [-0.39, 0.29) is 62.4 Å². The molecular formula is C61H93NO17. The van der Waals surface area contributed by atoms with E-state index >= 15 is 0 Å². The third kappa shape index (κ3) is 17.3. The van der Waals surface area contributed by atoms with Gasteiger partial charge in [0.25, 0.3) is 11.7 Å². The van der Waals surface area contributed by atoms with Crippen LogP contribution in [0, 0.1) is 40.9 Å². The number of carbonyl (C=O) groups excluding carboxylic acids is 7. The first kappa shape index (κ1) is 65.4. The van der Waals surface area contributed by atoms with Crippen molar-refractivity contribution in [3.05, 3.63) is 47.6 Å². The second-order valence-electron chi connectivity index (χ2n) is 24.1. The van der Waals surface area contributed by atoms with Crippen molar-refractivity contribution in [1.29, 1.82) is 0 Å². The highest BCUT2D eigenvalue weighted by Gasteiger charge is 2.53. The van der Waals surface area contributed by atoms with Crippen LogP contribution >= 0.6 is 0 Å². The number of ether oxygens (including phenoxy) is 9. The van der Waals surface area contributed by atoms with Gasteiger partial charge in [0.15, 0.2) is 23.8 Å². The highest BCUT2D eigenvalue weighted by molar-refractivity contribution is 6.39. The summed E-state index contributed by atoms with van der Waals surface area (Å²) in [5.41, 5.74) is 0.273. The van der Waals surface area contributed by atoms with E-state index in [1.165, 1.54) is 18.9 Å². The number of piperidine rings is 1. The van der Waals surface area contributed by atoms with Crippen LogP contribution in [0.25, 0.3) is 0 Å². The molecule has 5 aliphatic rings. The Hall–Kier alpha value is -4.43. The Balaban J connectivity index is 1.47. The number of ketones is 3. The zero-order valence-electron chi connectivity index (χ0n) is 49.6. The zero-order valence-corrected chi connectivity index (χ0v) is 49.6. The highest BCUT2D eigenvalue weighted by Crippen LogP contribution is 2.39. The molecule has 18 heteroatoms. The number of allylic oxidation sites excluding steroid dienone is 6. The summed E-state index contributed by atoms with van der Waals surface area (Å²) < 4.78 is 53.6. The van der Waals surface area contributed by atoms with Gasteiger partial charge < -0.3 is 52.6 Å². The molecule has 3 saturated heterocycles. The first-order chi connectivity index (χ1) is 37.2. The second kappa shape index (κ2) is 29.0. The molecule has 1 amide bonds. The Morgan fingerprint density at radius 2 is 1.49 bits per heavy atom. The van der Waals surface area contributed by atoms with E-state index in [0.717, 1.165) is 5.57 Å². The normalized spacial score (nSPS) is 37.7. The Kier molecular flexibility index (Phi) is 24.0. The van der Waals surface area contributed by atoms with E-state index in [2.05, 4.69) is 0 Å². The molecule has 444 valence electrons. The van der Waals surface area contributed by atoms with Gasteiger partial charge in [-0.15, -0.1) is 0 Å². The molecule has 1 aliphatic carbocycles. The number of aliphatic hydroxyl groups is 1. The van der Waals surface area contributed by atoms with E-state index in [9.17, 15) is 38.7 Å². The Morgan fingerprint density at radius 1 is 0.797 bits per heavy atom. The second-order valence-corrected chi connectivity index (χ2v) is 24.1. The summed E-state index contributed by atoms with van der Waals surface area (Å²) in [5, 5.41) is 12.1. The number of methoxy groups -OCH3 is 3. The van der Waals surface area contributed by atoms with E-state index in [4.69, 9.17) is 42.6 Å². The number of hydrogen-bond acceptors (Lipinski definition) is 17. The number of carbonyl (C=O) groups is 7. The molecule has 0 radical (unpaired) electrons. The van der Waals surface area contributed by atoms with Crippen molar-refractivity contribution in [2.45, 2.75) is 214 Å². The summed E-state index contributed by atoms with van der Waals surface area (Å²) in [6.45, 7) is 19.5. The average molecular weight is 1110 g/mol.